The number of aromatic hydroxyl groups is 1. The number of hydrogen-bond acceptors (Lipinski definition) is 6. The van der Waals surface area contributed by atoms with E-state index in [-0.39, 0.29) is 17.4 Å². The Balaban J connectivity index is 1.51. The molecule has 0 aliphatic carbocycles. The number of halogens is 1. The van der Waals surface area contributed by atoms with Gasteiger partial charge in [0.25, 0.3) is 5.91 Å². The highest BCUT2D eigenvalue weighted by atomic mass is 35.5. The summed E-state index contributed by atoms with van der Waals surface area (Å²) in [4.78, 5) is 12.3. The van der Waals surface area contributed by atoms with Gasteiger partial charge in [-0.15, -0.1) is 10.2 Å². The fraction of sp³-hybridized carbons (Fsp3) is 0.0833. The maximum absolute atomic E-state index is 12.3. The van der Waals surface area contributed by atoms with E-state index in [0.717, 1.165) is 22.4 Å². The number of phenols is 1. The number of nitrogens with zero attached hydrogens (tertiary/aromatic N) is 4. The molecule has 0 radical (unpaired) electrons. The zero-order valence-electron chi connectivity index (χ0n) is 17.6. The largest absolute Gasteiger partial charge is 0.508 e. The SMILES string of the molecule is Cc1ccc(-c2nnc(SCC(=O)NN=Cc3ccc(O)cc3)n2-c2ccc(Cl)cc2)cc1. The van der Waals surface area contributed by atoms with E-state index < -0.39 is 0 Å². The van der Waals surface area contributed by atoms with Gasteiger partial charge in [0.2, 0.25) is 0 Å². The van der Waals surface area contributed by atoms with Crippen LogP contribution in [0.3, 0.4) is 0 Å². The van der Waals surface area contributed by atoms with Crippen molar-refractivity contribution >= 4 is 35.5 Å². The number of aromatic nitrogens is 3. The van der Waals surface area contributed by atoms with Crippen LogP contribution in [-0.2, 0) is 4.79 Å². The van der Waals surface area contributed by atoms with Crippen molar-refractivity contribution in [2.24, 2.45) is 5.10 Å². The average Bonchev–Trinajstić information content (AvgIpc) is 3.24. The summed E-state index contributed by atoms with van der Waals surface area (Å²) in [6.07, 6.45) is 1.51. The summed E-state index contributed by atoms with van der Waals surface area (Å²) in [5.41, 5.74) is 6.16. The van der Waals surface area contributed by atoms with E-state index in [2.05, 4.69) is 20.7 Å². The lowest BCUT2D eigenvalue weighted by Gasteiger charge is -2.10. The van der Waals surface area contributed by atoms with Crippen LogP contribution in [0.15, 0.2) is 83.1 Å². The van der Waals surface area contributed by atoms with Crippen LogP contribution in [0, 0.1) is 6.92 Å². The zero-order valence-corrected chi connectivity index (χ0v) is 19.2. The minimum absolute atomic E-state index is 0.104. The van der Waals surface area contributed by atoms with E-state index in [1.807, 2.05) is 47.9 Å². The molecule has 166 valence electrons. The fourth-order valence-corrected chi connectivity index (χ4v) is 3.85. The van der Waals surface area contributed by atoms with Crippen molar-refractivity contribution in [3.63, 3.8) is 0 Å². The van der Waals surface area contributed by atoms with Crippen LogP contribution in [0.25, 0.3) is 17.1 Å². The summed E-state index contributed by atoms with van der Waals surface area (Å²) < 4.78 is 1.90. The number of carbonyl (C=O) groups excluding carboxylic acids is 1. The molecule has 9 heteroatoms. The Morgan fingerprint density at radius 3 is 2.45 bits per heavy atom. The number of hydrazone groups is 1. The van der Waals surface area contributed by atoms with Gasteiger partial charge < -0.3 is 5.11 Å². The highest BCUT2D eigenvalue weighted by molar-refractivity contribution is 7.99. The van der Waals surface area contributed by atoms with Gasteiger partial charge in [-0.1, -0.05) is 53.2 Å². The Labute approximate surface area is 200 Å². The van der Waals surface area contributed by atoms with Gasteiger partial charge >= 0.3 is 0 Å². The molecule has 4 aromatic rings. The van der Waals surface area contributed by atoms with Gasteiger partial charge in [0, 0.05) is 16.3 Å². The van der Waals surface area contributed by atoms with Crippen LogP contribution in [-0.4, -0.2) is 37.7 Å². The first-order valence-electron chi connectivity index (χ1n) is 10.0. The predicted octanol–water partition coefficient (Wildman–Crippen LogP) is 4.84. The third kappa shape index (κ3) is 5.79. The first-order valence-corrected chi connectivity index (χ1v) is 11.4. The molecule has 1 amide bonds. The van der Waals surface area contributed by atoms with Gasteiger partial charge in [-0.05, 0) is 61.0 Å². The molecular weight excluding hydrogens is 458 g/mol. The zero-order chi connectivity index (χ0) is 23.2. The number of carbonyl (C=O) groups is 1. The van der Waals surface area contributed by atoms with Gasteiger partial charge in [-0.25, -0.2) is 5.43 Å². The molecule has 7 nitrogen and oxygen atoms in total. The van der Waals surface area contributed by atoms with Crippen LogP contribution in [0.2, 0.25) is 5.02 Å². The van der Waals surface area contributed by atoms with Crippen molar-refractivity contribution in [2.75, 3.05) is 5.75 Å². The van der Waals surface area contributed by atoms with Gasteiger partial charge in [-0.2, -0.15) is 5.10 Å². The molecule has 0 unspecified atom stereocenters. The van der Waals surface area contributed by atoms with Crippen molar-refractivity contribution in [1.82, 2.24) is 20.2 Å². The summed E-state index contributed by atoms with van der Waals surface area (Å²) >= 11 is 7.32. The lowest BCUT2D eigenvalue weighted by molar-refractivity contribution is -0.118. The van der Waals surface area contributed by atoms with E-state index in [9.17, 15) is 9.90 Å². The normalized spacial score (nSPS) is 11.1. The smallest absolute Gasteiger partial charge is 0.250 e. The number of benzene rings is 3. The molecule has 0 aliphatic rings. The molecule has 0 bridgehead atoms. The Morgan fingerprint density at radius 2 is 1.76 bits per heavy atom. The number of nitrogens with one attached hydrogen (secondary N) is 1. The van der Waals surface area contributed by atoms with Gasteiger partial charge in [0.05, 0.1) is 12.0 Å². The quantitative estimate of drug-likeness (QED) is 0.225. The molecule has 0 spiro atoms. The summed E-state index contributed by atoms with van der Waals surface area (Å²) in [6, 6.07) is 21.9. The second-order valence-electron chi connectivity index (χ2n) is 7.16. The molecule has 0 aliphatic heterocycles. The van der Waals surface area contributed by atoms with E-state index in [1.54, 1.807) is 36.4 Å². The summed E-state index contributed by atoms with van der Waals surface area (Å²) in [5.74, 6) is 0.664. The number of hydrogen-bond donors (Lipinski definition) is 2. The van der Waals surface area contributed by atoms with Crippen LogP contribution in [0.4, 0.5) is 0 Å². The molecule has 33 heavy (non-hydrogen) atoms. The summed E-state index contributed by atoms with van der Waals surface area (Å²) in [6.45, 7) is 2.03. The lowest BCUT2D eigenvalue weighted by Crippen LogP contribution is -2.20. The van der Waals surface area contributed by atoms with E-state index in [1.165, 1.54) is 18.0 Å². The molecule has 1 heterocycles. The van der Waals surface area contributed by atoms with Crippen LogP contribution in [0.1, 0.15) is 11.1 Å². The van der Waals surface area contributed by atoms with Crippen molar-refractivity contribution in [1.29, 1.82) is 0 Å². The minimum Gasteiger partial charge on any atom is -0.508 e. The average molecular weight is 478 g/mol. The van der Waals surface area contributed by atoms with Gasteiger partial charge in [-0.3, -0.25) is 9.36 Å². The van der Waals surface area contributed by atoms with E-state index in [0.29, 0.717) is 16.0 Å². The molecular formula is C24H20ClN5O2S. The lowest BCUT2D eigenvalue weighted by atomic mass is 10.1. The first kappa shape index (κ1) is 22.6. The Kier molecular flexibility index (Phi) is 7.07. The monoisotopic (exact) mass is 477 g/mol. The number of thioether (sulfide) groups is 1. The second-order valence-corrected chi connectivity index (χ2v) is 8.54. The molecule has 0 saturated carbocycles. The van der Waals surface area contributed by atoms with Gasteiger partial charge in [0.15, 0.2) is 11.0 Å². The second kappa shape index (κ2) is 10.3. The summed E-state index contributed by atoms with van der Waals surface area (Å²) in [5, 5.41) is 23.2. The Hall–Kier alpha value is -3.62. The van der Waals surface area contributed by atoms with Crippen molar-refractivity contribution < 1.29 is 9.90 Å². The van der Waals surface area contributed by atoms with E-state index >= 15 is 0 Å². The molecule has 2 N–H and O–H groups in total. The minimum atomic E-state index is -0.280. The molecule has 1 aromatic heterocycles. The number of rotatable bonds is 7. The molecule has 0 saturated heterocycles. The van der Waals surface area contributed by atoms with Crippen molar-refractivity contribution in [2.45, 2.75) is 12.1 Å². The van der Waals surface area contributed by atoms with Crippen molar-refractivity contribution in [3.8, 4) is 22.8 Å². The first-order chi connectivity index (χ1) is 16.0. The fourth-order valence-electron chi connectivity index (χ4n) is 2.98. The third-order valence-electron chi connectivity index (χ3n) is 4.66. The van der Waals surface area contributed by atoms with Crippen LogP contribution < -0.4 is 5.43 Å². The van der Waals surface area contributed by atoms with Gasteiger partial charge in [0.1, 0.15) is 5.75 Å². The number of amides is 1. The predicted molar refractivity (Wildman–Crippen MR) is 131 cm³/mol. The highest BCUT2D eigenvalue weighted by Gasteiger charge is 2.17. The maximum Gasteiger partial charge on any atom is 0.250 e. The molecule has 3 aromatic carbocycles. The number of phenolic OH excluding ortho intramolecular Hbond substituents is 1. The summed E-state index contributed by atoms with van der Waals surface area (Å²) in [7, 11) is 0. The highest BCUT2D eigenvalue weighted by Crippen LogP contribution is 2.28. The maximum atomic E-state index is 12.3. The van der Waals surface area contributed by atoms with E-state index in [4.69, 9.17) is 11.6 Å². The topological polar surface area (TPSA) is 92.4 Å². The Morgan fingerprint density at radius 1 is 1.06 bits per heavy atom. The van der Waals surface area contributed by atoms with Crippen LogP contribution >= 0.6 is 23.4 Å². The number of aryl methyl sites for hydroxylation is 1. The third-order valence-corrected chi connectivity index (χ3v) is 5.84. The standard InChI is InChI=1S/C24H20ClN5O2S/c1-16-2-6-18(7-3-16)23-28-29-24(30(23)20-10-8-19(25)9-11-20)33-15-22(32)27-26-14-17-4-12-21(31)13-5-17/h2-14,31H,15H2,1H3,(H,27,32). The molecule has 0 atom stereocenters. The Bertz CT molecular complexity index is 1270. The van der Waals surface area contributed by atoms with Crippen molar-refractivity contribution in [3.05, 3.63) is 88.9 Å². The molecule has 4 rings (SSSR count). The molecule has 0 fully saturated rings. The van der Waals surface area contributed by atoms with Crippen LogP contribution in [0.5, 0.6) is 5.75 Å².